The van der Waals surface area contributed by atoms with E-state index in [-0.39, 0.29) is 65.2 Å². The second-order valence-electron chi connectivity index (χ2n) is 15.1. The minimum Gasteiger partial charge on any atom is -0.461 e. The van der Waals surface area contributed by atoms with Crippen molar-refractivity contribution >= 4 is 51.1 Å². The summed E-state index contributed by atoms with van der Waals surface area (Å²) in [6.45, 7) is 1.99. The van der Waals surface area contributed by atoms with Crippen LogP contribution in [0.15, 0.2) is 54.9 Å². The van der Waals surface area contributed by atoms with Gasteiger partial charge in [-0.15, -0.1) is 0 Å². The predicted molar refractivity (Wildman–Crippen MR) is 205 cm³/mol. The summed E-state index contributed by atoms with van der Waals surface area (Å²) in [6, 6.07) is 11.3. The molecule has 1 aliphatic carbocycles. The summed E-state index contributed by atoms with van der Waals surface area (Å²) in [5, 5.41) is 10.9. The number of rotatable bonds is 9. The van der Waals surface area contributed by atoms with E-state index < -0.39 is 29.4 Å². The molecule has 3 atom stereocenters. The summed E-state index contributed by atoms with van der Waals surface area (Å²) < 4.78 is 52.6. The number of carbonyl (C=O) groups is 1. The van der Waals surface area contributed by atoms with Crippen LogP contribution in [-0.2, 0) is 4.79 Å². The van der Waals surface area contributed by atoms with Crippen molar-refractivity contribution in [2.45, 2.75) is 62.2 Å². The SMILES string of the molecule is N#CC[C@H]1CN(c2nc(OC[C@@]34CCCN3C[C@H](F)C4)nc3c(F)c(-c4cccc5ccc(F)c(Cl)c45)ncc23)CCN1C(=O)/C=C/c1ccnc(C2CC2)n1. The van der Waals surface area contributed by atoms with E-state index in [1.165, 1.54) is 18.3 Å². The Morgan fingerprint density at radius 2 is 1.95 bits per heavy atom. The molecule has 3 aromatic heterocycles. The van der Waals surface area contributed by atoms with Gasteiger partial charge in [0.15, 0.2) is 5.82 Å². The Morgan fingerprint density at radius 3 is 2.79 bits per heavy atom. The van der Waals surface area contributed by atoms with Crippen molar-refractivity contribution in [3.8, 4) is 23.3 Å². The fourth-order valence-corrected chi connectivity index (χ4v) is 8.83. The summed E-state index contributed by atoms with van der Waals surface area (Å²) in [5.41, 5.74) is 0.251. The van der Waals surface area contributed by atoms with E-state index in [9.17, 15) is 18.8 Å². The van der Waals surface area contributed by atoms with Gasteiger partial charge in [0.2, 0.25) is 5.91 Å². The van der Waals surface area contributed by atoms with Crippen molar-refractivity contribution in [1.29, 1.82) is 5.26 Å². The lowest BCUT2D eigenvalue weighted by molar-refractivity contribution is -0.128. The molecule has 1 saturated carbocycles. The Balaban J connectivity index is 1.07. The number of carbonyl (C=O) groups excluding carboxylic acids is 1. The van der Waals surface area contributed by atoms with Crippen molar-refractivity contribution in [2.75, 3.05) is 44.2 Å². The number of hydrogen-bond donors (Lipinski definition) is 0. The molecule has 0 radical (unpaired) electrons. The standard InChI is InChI=1S/C41H37ClF3N9O2/c42-34-31(44)9-7-24-3-1-4-29(33(24)34)36-35(45)37-30(20-48-36)39(51-40(50-37)56-23-41-13-2-16-53(41)21-26(43)19-41)52-17-18-54(28(22-52)11-14-46)32(55)10-8-27-12-15-47-38(49-27)25-5-6-25/h1,3-4,7-10,12,15,20,25-26,28H,2,5-6,11,13,16-19,21-23H2/b10-8+/t26-,28+,41+/m1/s1. The van der Waals surface area contributed by atoms with Crippen LogP contribution >= 0.6 is 11.6 Å². The molecule has 56 heavy (non-hydrogen) atoms. The first-order chi connectivity index (χ1) is 27.2. The fourth-order valence-electron chi connectivity index (χ4n) is 8.56. The number of benzene rings is 2. The van der Waals surface area contributed by atoms with Crippen molar-refractivity contribution in [1.82, 2.24) is 34.7 Å². The average molecular weight is 780 g/mol. The molecule has 2 aromatic carbocycles. The number of ether oxygens (including phenoxy) is 1. The first-order valence-electron chi connectivity index (χ1n) is 18.9. The molecule has 1 amide bonds. The van der Waals surface area contributed by atoms with Gasteiger partial charge < -0.3 is 14.5 Å². The molecular weight excluding hydrogens is 743 g/mol. The van der Waals surface area contributed by atoms with Crippen molar-refractivity contribution in [3.05, 3.63) is 83.0 Å². The van der Waals surface area contributed by atoms with E-state index in [2.05, 4.69) is 30.9 Å². The zero-order valence-corrected chi connectivity index (χ0v) is 31.1. The van der Waals surface area contributed by atoms with Gasteiger partial charge >= 0.3 is 6.01 Å². The first-order valence-corrected chi connectivity index (χ1v) is 19.3. The van der Waals surface area contributed by atoms with E-state index >= 15 is 4.39 Å². The molecule has 3 saturated heterocycles. The van der Waals surface area contributed by atoms with Gasteiger partial charge in [-0.1, -0.05) is 35.9 Å². The van der Waals surface area contributed by atoms with E-state index in [1.54, 1.807) is 47.5 Å². The zero-order chi connectivity index (χ0) is 38.6. The van der Waals surface area contributed by atoms with E-state index in [4.69, 9.17) is 21.3 Å². The average Bonchev–Trinajstić information content (AvgIpc) is 3.92. The van der Waals surface area contributed by atoms with Crippen LogP contribution in [0.25, 0.3) is 39.0 Å². The van der Waals surface area contributed by atoms with E-state index in [1.807, 2.05) is 4.90 Å². The van der Waals surface area contributed by atoms with Crippen molar-refractivity contribution in [3.63, 3.8) is 0 Å². The highest BCUT2D eigenvalue weighted by atomic mass is 35.5. The molecule has 0 spiro atoms. The molecule has 9 rings (SSSR count). The van der Waals surface area contributed by atoms with Crippen LogP contribution in [0.1, 0.15) is 56.0 Å². The Bertz CT molecular complexity index is 2440. The number of fused-ring (bicyclic) bond motifs is 3. The number of alkyl halides is 1. The normalized spacial score (nSPS) is 22.6. The molecule has 5 aromatic rings. The highest BCUT2D eigenvalue weighted by molar-refractivity contribution is 6.36. The quantitative estimate of drug-likeness (QED) is 0.144. The van der Waals surface area contributed by atoms with Crippen LogP contribution in [0.4, 0.5) is 19.0 Å². The molecule has 4 aliphatic rings. The number of halogens is 4. The van der Waals surface area contributed by atoms with Gasteiger partial charge in [-0.05, 0) is 55.8 Å². The monoisotopic (exact) mass is 779 g/mol. The Labute approximate surface area is 325 Å². The molecule has 286 valence electrons. The third kappa shape index (κ3) is 6.66. The number of piperazine rings is 1. The van der Waals surface area contributed by atoms with Gasteiger partial charge in [0.05, 0.1) is 40.2 Å². The van der Waals surface area contributed by atoms with Gasteiger partial charge in [-0.3, -0.25) is 14.7 Å². The maximum Gasteiger partial charge on any atom is 0.319 e. The third-order valence-corrected chi connectivity index (χ3v) is 11.9. The van der Waals surface area contributed by atoms with Crippen LogP contribution in [0, 0.1) is 23.0 Å². The largest absolute Gasteiger partial charge is 0.461 e. The molecule has 6 heterocycles. The number of amides is 1. The number of pyridine rings is 1. The maximum atomic E-state index is 17.0. The van der Waals surface area contributed by atoms with Crippen LogP contribution in [-0.4, -0.2) is 97.7 Å². The summed E-state index contributed by atoms with van der Waals surface area (Å²) in [6.07, 6.45) is 9.48. The number of nitrogens with zero attached hydrogens (tertiary/aromatic N) is 9. The molecule has 0 N–H and O–H groups in total. The van der Waals surface area contributed by atoms with E-state index in [0.29, 0.717) is 47.7 Å². The summed E-state index contributed by atoms with van der Waals surface area (Å²) in [7, 11) is 0. The maximum absolute atomic E-state index is 17.0. The highest BCUT2D eigenvalue weighted by Gasteiger charge is 2.49. The predicted octanol–water partition coefficient (Wildman–Crippen LogP) is 7.04. The lowest BCUT2D eigenvalue weighted by atomic mass is 9.95. The molecule has 3 aliphatic heterocycles. The zero-order valence-electron chi connectivity index (χ0n) is 30.3. The molecule has 4 fully saturated rings. The van der Waals surface area contributed by atoms with Crippen LogP contribution in [0.3, 0.4) is 0 Å². The summed E-state index contributed by atoms with van der Waals surface area (Å²) in [4.78, 5) is 42.0. The van der Waals surface area contributed by atoms with Crippen LogP contribution in [0.2, 0.25) is 5.02 Å². The number of anilines is 1. The topological polar surface area (TPSA) is 124 Å². The van der Waals surface area contributed by atoms with Gasteiger partial charge in [0, 0.05) is 67.9 Å². The Kier molecular flexibility index (Phi) is 9.45. The second-order valence-corrected chi connectivity index (χ2v) is 15.5. The lowest BCUT2D eigenvalue weighted by Crippen LogP contribution is -2.55. The first kappa shape index (κ1) is 36.3. The Hall–Kier alpha value is -5.39. The lowest BCUT2D eigenvalue weighted by Gasteiger charge is -2.41. The third-order valence-electron chi connectivity index (χ3n) is 11.5. The van der Waals surface area contributed by atoms with Gasteiger partial charge in [0.1, 0.15) is 41.4 Å². The van der Waals surface area contributed by atoms with Crippen molar-refractivity contribution < 1.29 is 22.7 Å². The Morgan fingerprint density at radius 1 is 1.07 bits per heavy atom. The second kappa shape index (κ2) is 14.6. The summed E-state index contributed by atoms with van der Waals surface area (Å²) >= 11 is 6.44. The van der Waals surface area contributed by atoms with Crippen molar-refractivity contribution in [2.24, 2.45) is 0 Å². The molecular formula is C41H37ClF3N9O2. The number of hydrogen-bond acceptors (Lipinski definition) is 10. The highest BCUT2D eigenvalue weighted by Crippen LogP contribution is 2.42. The fraction of sp³-hybridized carbons (Fsp3) is 0.390. The van der Waals surface area contributed by atoms with Gasteiger partial charge in [-0.25, -0.2) is 23.1 Å². The van der Waals surface area contributed by atoms with E-state index in [0.717, 1.165) is 38.1 Å². The summed E-state index contributed by atoms with van der Waals surface area (Å²) in [5.74, 6) is -0.226. The van der Waals surface area contributed by atoms with Crippen LogP contribution in [0.5, 0.6) is 6.01 Å². The molecule has 15 heteroatoms. The minimum atomic E-state index is -0.970. The molecule has 11 nitrogen and oxygen atoms in total. The molecule has 0 unspecified atom stereocenters. The molecule has 0 bridgehead atoms. The minimum absolute atomic E-state index is 0.0414. The number of nitriles is 1. The smallest absolute Gasteiger partial charge is 0.319 e. The van der Waals surface area contributed by atoms with Crippen LogP contribution < -0.4 is 9.64 Å². The van der Waals surface area contributed by atoms with Gasteiger partial charge in [-0.2, -0.15) is 15.2 Å². The van der Waals surface area contributed by atoms with Gasteiger partial charge in [0.25, 0.3) is 0 Å². The number of aromatic nitrogens is 5.